The largest absolute Gasteiger partial charge is 0.324 e. The van der Waals surface area contributed by atoms with E-state index in [9.17, 15) is 4.39 Å². The number of aryl methyl sites for hydroxylation is 2. The third-order valence-electron chi connectivity index (χ3n) is 3.08. The second kappa shape index (κ2) is 6.00. The van der Waals surface area contributed by atoms with E-state index in [1.165, 1.54) is 12.1 Å². The van der Waals surface area contributed by atoms with Crippen molar-refractivity contribution in [3.63, 3.8) is 0 Å². The first-order chi connectivity index (χ1) is 9.01. The van der Waals surface area contributed by atoms with Crippen molar-refractivity contribution < 1.29 is 4.39 Å². The lowest BCUT2D eigenvalue weighted by atomic mass is 10.0. The maximum Gasteiger partial charge on any atom is 0.124 e. The fraction of sp³-hybridized carbons (Fsp3) is 0.357. The van der Waals surface area contributed by atoms with Gasteiger partial charge in [-0.1, -0.05) is 6.07 Å². The average molecular weight is 373 g/mol. The zero-order valence-electron chi connectivity index (χ0n) is 11.0. The van der Waals surface area contributed by atoms with Crippen molar-refractivity contribution in [3.05, 3.63) is 50.6 Å². The van der Waals surface area contributed by atoms with Crippen LogP contribution in [0.3, 0.4) is 0 Å². The quantitative estimate of drug-likeness (QED) is 0.837. The standard InChI is InChI=1S/C14H17FIN3/c1-3-19-11(6-9(2)18-19)8-14(17)12-5-4-10(15)7-13(12)16/h4-7,14H,3,8,17H2,1-2H3. The van der Waals surface area contributed by atoms with E-state index in [1.54, 1.807) is 6.07 Å². The van der Waals surface area contributed by atoms with Crippen LogP contribution < -0.4 is 5.73 Å². The molecule has 0 spiro atoms. The van der Waals surface area contributed by atoms with Crippen molar-refractivity contribution in [1.29, 1.82) is 0 Å². The van der Waals surface area contributed by atoms with Crippen LogP contribution >= 0.6 is 22.6 Å². The van der Waals surface area contributed by atoms with Gasteiger partial charge < -0.3 is 5.73 Å². The third-order valence-corrected chi connectivity index (χ3v) is 4.01. The van der Waals surface area contributed by atoms with Crippen LogP contribution in [0.5, 0.6) is 0 Å². The molecule has 0 saturated carbocycles. The Balaban J connectivity index is 2.22. The molecule has 0 saturated heterocycles. The lowest BCUT2D eigenvalue weighted by molar-refractivity contribution is 0.584. The summed E-state index contributed by atoms with van der Waals surface area (Å²) in [4.78, 5) is 0. The monoisotopic (exact) mass is 373 g/mol. The molecule has 1 aromatic heterocycles. The van der Waals surface area contributed by atoms with Crippen LogP contribution in [0, 0.1) is 16.3 Å². The SMILES string of the molecule is CCn1nc(C)cc1CC(N)c1ccc(F)cc1I. The zero-order valence-corrected chi connectivity index (χ0v) is 13.2. The summed E-state index contributed by atoms with van der Waals surface area (Å²) in [5.41, 5.74) is 9.33. The summed E-state index contributed by atoms with van der Waals surface area (Å²) < 4.78 is 15.9. The van der Waals surface area contributed by atoms with Crippen LogP contribution in [0.4, 0.5) is 4.39 Å². The Morgan fingerprint density at radius 3 is 2.79 bits per heavy atom. The van der Waals surface area contributed by atoms with Gasteiger partial charge in [-0.3, -0.25) is 4.68 Å². The van der Waals surface area contributed by atoms with Crippen LogP contribution in [0.15, 0.2) is 24.3 Å². The molecule has 1 aromatic carbocycles. The molecule has 0 bridgehead atoms. The van der Waals surface area contributed by atoms with Gasteiger partial charge in [0.2, 0.25) is 0 Å². The normalized spacial score (nSPS) is 12.7. The molecule has 1 heterocycles. The molecule has 1 atom stereocenters. The molecule has 1 unspecified atom stereocenters. The molecule has 5 heteroatoms. The van der Waals surface area contributed by atoms with Crippen LogP contribution in [0.2, 0.25) is 0 Å². The molecule has 0 radical (unpaired) electrons. The summed E-state index contributed by atoms with van der Waals surface area (Å²) in [6.07, 6.45) is 0.705. The number of nitrogens with two attached hydrogens (primary N) is 1. The molecule has 0 aliphatic rings. The van der Waals surface area contributed by atoms with Gasteiger partial charge in [0.15, 0.2) is 0 Å². The van der Waals surface area contributed by atoms with E-state index < -0.39 is 0 Å². The van der Waals surface area contributed by atoms with Crippen LogP contribution in [0.25, 0.3) is 0 Å². The minimum Gasteiger partial charge on any atom is -0.324 e. The predicted molar refractivity (Wildman–Crippen MR) is 82.4 cm³/mol. The van der Waals surface area contributed by atoms with Crippen molar-refractivity contribution in [1.82, 2.24) is 9.78 Å². The summed E-state index contributed by atoms with van der Waals surface area (Å²) in [7, 11) is 0. The van der Waals surface area contributed by atoms with E-state index in [2.05, 4.69) is 40.7 Å². The fourth-order valence-corrected chi connectivity index (χ4v) is 3.05. The summed E-state index contributed by atoms with van der Waals surface area (Å²) in [6, 6.07) is 6.65. The molecule has 0 fully saturated rings. The Kier molecular flexibility index (Phi) is 4.57. The molecule has 102 valence electrons. The minimum absolute atomic E-state index is 0.145. The van der Waals surface area contributed by atoms with Gasteiger partial charge in [0, 0.05) is 28.3 Å². The Morgan fingerprint density at radius 1 is 1.42 bits per heavy atom. The highest BCUT2D eigenvalue weighted by atomic mass is 127. The highest BCUT2D eigenvalue weighted by Crippen LogP contribution is 2.22. The van der Waals surface area contributed by atoms with E-state index in [4.69, 9.17) is 5.73 Å². The highest BCUT2D eigenvalue weighted by Gasteiger charge is 2.14. The lowest BCUT2D eigenvalue weighted by Gasteiger charge is -2.14. The summed E-state index contributed by atoms with van der Waals surface area (Å²) in [5.74, 6) is -0.227. The highest BCUT2D eigenvalue weighted by molar-refractivity contribution is 14.1. The van der Waals surface area contributed by atoms with Crippen molar-refractivity contribution in [2.75, 3.05) is 0 Å². The third kappa shape index (κ3) is 3.33. The van der Waals surface area contributed by atoms with Gasteiger partial charge >= 0.3 is 0 Å². The minimum atomic E-state index is -0.227. The number of nitrogens with zero attached hydrogens (tertiary/aromatic N) is 2. The maximum atomic E-state index is 13.1. The molecular weight excluding hydrogens is 356 g/mol. The van der Waals surface area contributed by atoms with Crippen molar-refractivity contribution >= 4 is 22.6 Å². The molecule has 0 aliphatic carbocycles. The zero-order chi connectivity index (χ0) is 14.0. The summed E-state index contributed by atoms with van der Waals surface area (Å²) in [6.45, 7) is 4.86. The topological polar surface area (TPSA) is 43.8 Å². The molecule has 3 nitrogen and oxygen atoms in total. The van der Waals surface area contributed by atoms with E-state index in [1.807, 2.05) is 11.6 Å². The van der Waals surface area contributed by atoms with E-state index >= 15 is 0 Å². The second-order valence-electron chi connectivity index (χ2n) is 4.57. The average Bonchev–Trinajstić information content (AvgIpc) is 2.69. The number of hydrogen-bond donors (Lipinski definition) is 1. The van der Waals surface area contributed by atoms with Crippen LogP contribution in [-0.4, -0.2) is 9.78 Å². The van der Waals surface area contributed by atoms with Gasteiger partial charge in [-0.2, -0.15) is 5.10 Å². The number of benzene rings is 1. The Bertz CT molecular complexity index is 580. The lowest BCUT2D eigenvalue weighted by Crippen LogP contribution is -2.17. The van der Waals surface area contributed by atoms with E-state index in [0.717, 1.165) is 27.1 Å². The number of halogens is 2. The van der Waals surface area contributed by atoms with Gasteiger partial charge in [0.1, 0.15) is 5.82 Å². The van der Waals surface area contributed by atoms with Gasteiger partial charge in [-0.15, -0.1) is 0 Å². The molecule has 2 N–H and O–H groups in total. The summed E-state index contributed by atoms with van der Waals surface area (Å²) >= 11 is 2.12. The number of aromatic nitrogens is 2. The van der Waals surface area contributed by atoms with Crippen molar-refractivity contribution in [3.8, 4) is 0 Å². The first-order valence-corrected chi connectivity index (χ1v) is 7.33. The van der Waals surface area contributed by atoms with Crippen LogP contribution in [0.1, 0.15) is 29.9 Å². The molecule has 19 heavy (non-hydrogen) atoms. The molecule has 2 rings (SSSR count). The van der Waals surface area contributed by atoms with Gasteiger partial charge in [-0.25, -0.2) is 4.39 Å². The smallest absolute Gasteiger partial charge is 0.124 e. The van der Waals surface area contributed by atoms with Crippen molar-refractivity contribution in [2.24, 2.45) is 5.73 Å². The Hall–Kier alpha value is -0.950. The molecule has 0 amide bonds. The van der Waals surface area contributed by atoms with Gasteiger partial charge in [-0.05, 0) is 60.2 Å². The summed E-state index contributed by atoms with van der Waals surface area (Å²) in [5, 5.41) is 4.41. The number of rotatable bonds is 4. The van der Waals surface area contributed by atoms with Crippen molar-refractivity contribution in [2.45, 2.75) is 32.9 Å². The fourth-order valence-electron chi connectivity index (χ4n) is 2.17. The van der Waals surface area contributed by atoms with Crippen LogP contribution in [-0.2, 0) is 13.0 Å². The molecular formula is C14H17FIN3. The first-order valence-electron chi connectivity index (χ1n) is 6.25. The second-order valence-corrected chi connectivity index (χ2v) is 5.73. The Labute approximate surface area is 126 Å². The number of hydrogen-bond acceptors (Lipinski definition) is 2. The predicted octanol–water partition coefficient (Wildman–Crippen LogP) is 3.20. The van der Waals surface area contributed by atoms with Gasteiger partial charge in [0.05, 0.1) is 5.69 Å². The van der Waals surface area contributed by atoms with E-state index in [-0.39, 0.29) is 11.9 Å². The molecule has 0 aliphatic heterocycles. The maximum absolute atomic E-state index is 13.1. The first kappa shape index (κ1) is 14.5. The Morgan fingerprint density at radius 2 is 2.16 bits per heavy atom. The van der Waals surface area contributed by atoms with E-state index in [0.29, 0.717) is 6.42 Å². The molecule has 2 aromatic rings. The van der Waals surface area contributed by atoms with Gasteiger partial charge in [0.25, 0.3) is 0 Å².